The van der Waals surface area contributed by atoms with Crippen molar-refractivity contribution in [2.24, 2.45) is 0 Å². The molecule has 2 aromatic carbocycles. The zero-order valence-corrected chi connectivity index (χ0v) is 19.0. The summed E-state index contributed by atoms with van der Waals surface area (Å²) in [7, 11) is 0. The minimum atomic E-state index is -1.49. The van der Waals surface area contributed by atoms with E-state index >= 15 is 0 Å². The fraction of sp³-hybridized carbons (Fsp3) is 0.292. The van der Waals surface area contributed by atoms with Crippen molar-refractivity contribution >= 4 is 17.9 Å². The monoisotopic (exact) mass is 480 g/mol. The third-order valence-electron chi connectivity index (χ3n) is 5.53. The Kier molecular flexibility index (Phi) is 6.90. The van der Waals surface area contributed by atoms with Gasteiger partial charge in [0.25, 0.3) is 0 Å². The van der Waals surface area contributed by atoms with Crippen LogP contribution in [0.25, 0.3) is 0 Å². The number of nitrogens with zero attached hydrogens (tertiary/aromatic N) is 3. The van der Waals surface area contributed by atoms with Gasteiger partial charge in [-0.15, -0.1) is 0 Å². The average Bonchev–Trinajstić information content (AvgIpc) is 3.13. The number of carbonyl (C=O) groups excluding carboxylic acids is 2. The van der Waals surface area contributed by atoms with E-state index in [0.29, 0.717) is 5.56 Å². The number of hydrogen-bond donors (Lipinski definition) is 2. The fourth-order valence-electron chi connectivity index (χ4n) is 3.57. The smallest absolute Gasteiger partial charge is 0.354 e. The maximum Gasteiger partial charge on any atom is 0.354 e. The molecule has 1 aliphatic heterocycles. The minimum absolute atomic E-state index is 0.246. The number of ether oxygens (including phenoxy) is 3. The van der Waals surface area contributed by atoms with Crippen LogP contribution in [0.4, 0.5) is 5.95 Å². The SMILES string of the molecule is Cc1ccc(C(=O)OC[C@H]2O[C@@H](n3cnc(N)nc3=O)[C@H](O)[C@@H]2OC(=O)c2ccc(C)cc2)cc1. The Labute approximate surface area is 200 Å². The van der Waals surface area contributed by atoms with Gasteiger partial charge in [0.15, 0.2) is 12.3 Å². The first-order chi connectivity index (χ1) is 16.7. The lowest BCUT2D eigenvalue weighted by molar-refractivity contribution is -0.0617. The molecule has 35 heavy (non-hydrogen) atoms. The molecule has 0 spiro atoms. The molecule has 3 N–H and O–H groups in total. The number of nitrogens with two attached hydrogens (primary N) is 1. The van der Waals surface area contributed by atoms with E-state index < -0.39 is 42.2 Å². The van der Waals surface area contributed by atoms with Crippen LogP contribution in [-0.2, 0) is 14.2 Å². The predicted octanol–water partition coefficient (Wildman–Crippen LogP) is 1.18. The zero-order valence-electron chi connectivity index (χ0n) is 19.0. The first kappa shape index (κ1) is 24.0. The Hall–Kier alpha value is -4.09. The van der Waals surface area contributed by atoms with Gasteiger partial charge < -0.3 is 25.1 Å². The summed E-state index contributed by atoms with van der Waals surface area (Å²) in [6, 6.07) is 13.4. The van der Waals surface area contributed by atoms with Crippen LogP contribution in [0.1, 0.15) is 38.1 Å². The van der Waals surface area contributed by atoms with E-state index in [-0.39, 0.29) is 18.1 Å². The van der Waals surface area contributed by atoms with Gasteiger partial charge in [-0.1, -0.05) is 35.4 Å². The molecule has 3 aromatic rings. The molecule has 0 radical (unpaired) electrons. The number of rotatable bonds is 6. The summed E-state index contributed by atoms with van der Waals surface area (Å²) in [5.41, 5.74) is 7.13. The summed E-state index contributed by atoms with van der Waals surface area (Å²) < 4.78 is 17.6. The fourth-order valence-corrected chi connectivity index (χ4v) is 3.57. The van der Waals surface area contributed by atoms with Crippen molar-refractivity contribution in [3.8, 4) is 0 Å². The van der Waals surface area contributed by atoms with Crippen molar-refractivity contribution < 1.29 is 28.9 Å². The van der Waals surface area contributed by atoms with Crippen LogP contribution in [0.2, 0.25) is 0 Å². The zero-order chi connectivity index (χ0) is 25.1. The summed E-state index contributed by atoms with van der Waals surface area (Å²) >= 11 is 0. The van der Waals surface area contributed by atoms with E-state index in [1.807, 2.05) is 13.8 Å². The lowest BCUT2D eigenvalue weighted by atomic mass is 10.1. The number of aryl methyl sites for hydroxylation is 2. The quantitative estimate of drug-likeness (QED) is 0.491. The summed E-state index contributed by atoms with van der Waals surface area (Å²) in [5, 5.41) is 10.9. The number of nitrogen functional groups attached to an aromatic ring is 1. The second kappa shape index (κ2) is 10.0. The van der Waals surface area contributed by atoms with Gasteiger partial charge in [0.1, 0.15) is 25.1 Å². The van der Waals surface area contributed by atoms with E-state index in [1.54, 1.807) is 48.5 Å². The minimum Gasteiger partial charge on any atom is -0.459 e. The van der Waals surface area contributed by atoms with Crippen LogP contribution in [-0.4, -0.2) is 56.5 Å². The molecule has 0 unspecified atom stereocenters. The average molecular weight is 480 g/mol. The van der Waals surface area contributed by atoms with Crippen molar-refractivity contribution in [1.82, 2.24) is 14.5 Å². The van der Waals surface area contributed by atoms with Crippen LogP contribution < -0.4 is 11.4 Å². The third kappa shape index (κ3) is 5.36. The number of aliphatic hydroxyl groups is 1. The molecular weight excluding hydrogens is 456 g/mol. The molecule has 11 heteroatoms. The molecule has 4 atom stereocenters. The van der Waals surface area contributed by atoms with Crippen molar-refractivity contribution in [3.05, 3.63) is 87.6 Å². The molecule has 4 rings (SSSR count). The van der Waals surface area contributed by atoms with Crippen LogP contribution in [0, 0.1) is 13.8 Å². The van der Waals surface area contributed by atoms with Crippen LogP contribution >= 0.6 is 0 Å². The summed E-state index contributed by atoms with van der Waals surface area (Å²) in [5.74, 6) is -1.58. The van der Waals surface area contributed by atoms with E-state index in [0.717, 1.165) is 22.0 Å². The van der Waals surface area contributed by atoms with Crippen molar-refractivity contribution in [2.45, 2.75) is 38.4 Å². The highest BCUT2D eigenvalue weighted by Gasteiger charge is 2.48. The van der Waals surface area contributed by atoms with Gasteiger partial charge in [-0.25, -0.2) is 19.4 Å². The molecule has 1 saturated heterocycles. The van der Waals surface area contributed by atoms with E-state index in [9.17, 15) is 19.5 Å². The molecule has 0 saturated carbocycles. The topological polar surface area (TPSA) is 156 Å². The third-order valence-corrected chi connectivity index (χ3v) is 5.53. The van der Waals surface area contributed by atoms with Gasteiger partial charge in [0.05, 0.1) is 11.1 Å². The molecule has 2 heterocycles. The maximum absolute atomic E-state index is 12.7. The lowest BCUT2D eigenvalue weighted by Gasteiger charge is -2.21. The van der Waals surface area contributed by atoms with Crippen molar-refractivity contribution in [2.75, 3.05) is 12.3 Å². The molecule has 182 valence electrons. The number of esters is 2. The molecule has 1 aliphatic rings. The summed E-state index contributed by atoms with van der Waals surface area (Å²) in [4.78, 5) is 44.8. The number of anilines is 1. The summed E-state index contributed by atoms with van der Waals surface area (Å²) in [6.45, 7) is 3.41. The van der Waals surface area contributed by atoms with Crippen molar-refractivity contribution in [3.63, 3.8) is 0 Å². The Morgan fingerprint density at radius 2 is 1.60 bits per heavy atom. The number of benzene rings is 2. The molecule has 0 bridgehead atoms. The number of hydrogen-bond acceptors (Lipinski definition) is 10. The number of aromatic nitrogens is 3. The molecule has 1 aromatic heterocycles. The van der Waals surface area contributed by atoms with Gasteiger partial charge in [0.2, 0.25) is 5.95 Å². The molecule has 0 aliphatic carbocycles. The van der Waals surface area contributed by atoms with Crippen LogP contribution in [0.3, 0.4) is 0 Å². The lowest BCUT2D eigenvalue weighted by Crippen LogP contribution is -2.40. The Morgan fingerprint density at radius 1 is 1.03 bits per heavy atom. The predicted molar refractivity (Wildman–Crippen MR) is 122 cm³/mol. The van der Waals surface area contributed by atoms with Gasteiger partial charge in [-0.05, 0) is 38.1 Å². The van der Waals surface area contributed by atoms with Gasteiger partial charge >= 0.3 is 17.6 Å². The molecule has 0 amide bonds. The first-order valence-corrected chi connectivity index (χ1v) is 10.8. The highest BCUT2D eigenvalue weighted by molar-refractivity contribution is 5.90. The second-order valence-electron chi connectivity index (χ2n) is 8.16. The van der Waals surface area contributed by atoms with Crippen molar-refractivity contribution in [1.29, 1.82) is 0 Å². The van der Waals surface area contributed by atoms with E-state index in [4.69, 9.17) is 19.9 Å². The molecule has 1 fully saturated rings. The highest BCUT2D eigenvalue weighted by Crippen LogP contribution is 2.31. The second-order valence-corrected chi connectivity index (χ2v) is 8.16. The van der Waals surface area contributed by atoms with E-state index in [2.05, 4.69) is 9.97 Å². The molecule has 11 nitrogen and oxygen atoms in total. The van der Waals surface area contributed by atoms with Gasteiger partial charge in [-0.2, -0.15) is 4.98 Å². The van der Waals surface area contributed by atoms with E-state index in [1.165, 1.54) is 0 Å². The Balaban J connectivity index is 1.55. The normalized spacial score (nSPS) is 21.5. The first-order valence-electron chi connectivity index (χ1n) is 10.8. The molecular formula is C24H24N4O7. The highest BCUT2D eigenvalue weighted by atomic mass is 16.6. The largest absolute Gasteiger partial charge is 0.459 e. The Bertz CT molecular complexity index is 1270. The maximum atomic E-state index is 12.7. The number of carbonyl (C=O) groups is 2. The van der Waals surface area contributed by atoms with Crippen LogP contribution in [0.5, 0.6) is 0 Å². The Morgan fingerprint density at radius 3 is 2.17 bits per heavy atom. The summed E-state index contributed by atoms with van der Waals surface area (Å²) in [6.07, 6.45) is -4.07. The van der Waals surface area contributed by atoms with Crippen LogP contribution in [0.15, 0.2) is 59.7 Å². The van der Waals surface area contributed by atoms with Gasteiger partial charge in [-0.3, -0.25) is 4.57 Å². The number of aliphatic hydroxyl groups excluding tert-OH is 1. The van der Waals surface area contributed by atoms with Gasteiger partial charge in [0, 0.05) is 0 Å². The standard InChI is InChI=1S/C24H24N4O7/c1-13-3-7-15(8-4-13)21(30)33-11-17-19(35-22(31)16-9-5-14(2)6-10-16)18(29)20(34-17)28-12-26-23(25)27-24(28)32/h3-10,12,17-20,29H,11H2,1-2H3,(H2,25,27,32)/t17-,18-,19-,20-/m1/s1.